The molecule has 0 bridgehead atoms. The van der Waals surface area contributed by atoms with Crippen LogP contribution in [0.4, 0.5) is 11.5 Å². The van der Waals surface area contributed by atoms with E-state index < -0.39 is 0 Å². The van der Waals surface area contributed by atoms with E-state index in [0.717, 1.165) is 51.6 Å². The molecule has 0 amide bonds. The first kappa shape index (κ1) is 21.6. The van der Waals surface area contributed by atoms with Crippen LogP contribution >= 0.6 is 0 Å². The van der Waals surface area contributed by atoms with Gasteiger partial charge in [0.1, 0.15) is 5.82 Å². The van der Waals surface area contributed by atoms with E-state index in [1.54, 1.807) is 7.11 Å². The zero-order valence-electron chi connectivity index (χ0n) is 18.1. The summed E-state index contributed by atoms with van der Waals surface area (Å²) in [7, 11) is 3.76. The highest BCUT2D eigenvalue weighted by Crippen LogP contribution is 2.15. The fourth-order valence-corrected chi connectivity index (χ4v) is 3.66. The fraction of sp³-hybridized carbons (Fsp3) is 0.522. The molecular weight excluding hydrogens is 362 g/mol. The highest BCUT2D eigenvalue weighted by atomic mass is 16.5. The van der Waals surface area contributed by atoms with Crippen LogP contribution in [0.3, 0.4) is 0 Å². The standard InChI is InChI=1S/C23H35N5O/c1-20(19-27-11-13-28(14-12-27)22-7-5-4-6-8-22)24-17-21-9-10-23(25-18-21)26(2)15-16-29-3/h4-10,18,20,24H,11-17,19H2,1-3H3/t20-/m0/s1. The summed E-state index contributed by atoms with van der Waals surface area (Å²) in [6.45, 7) is 10.2. The average molecular weight is 398 g/mol. The predicted octanol–water partition coefficient (Wildman–Crippen LogP) is 2.46. The molecule has 0 radical (unpaired) electrons. The molecule has 6 nitrogen and oxygen atoms in total. The molecule has 0 spiro atoms. The van der Waals surface area contributed by atoms with E-state index in [2.05, 4.69) is 74.4 Å². The topological polar surface area (TPSA) is 43.9 Å². The summed E-state index contributed by atoms with van der Waals surface area (Å²) in [5, 5.41) is 3.64. The van der Waals surface area contributed by atoms with Crippen molar-refractivity contribution in [1.82, 2.24) is 15.2 Å². The van der Waals surface area contributed by atoms with Crippen LogP contribution < -0.4 is 15.1 Å². The maximum absolute atomic E-state index is 5.13. The van der Waals surface area contributed by atoms with Crippen LogP contribution in [-0.4, -0.2) is 76.0 Å². The van der Waals surface area contributed by atoms with Gasteiger partial charge in [0.05, 0.1) is 6.61 Å². The zero-order valence-corrected chi connectivity index (χ0v) is 18.1. The summed E-state index contributed by atoms with van der Waals surface area (Å²) in [5.74, 6) is 0.982. The SMILES string of the molecule is COCCN(C)c1ccc(CN[C@@H](C)CN2CCN(c3ccccc3)CC2)cn1. The van der Waals surface area contributed by atoms with Gasteiger partial charge in [0.2, 0.25) is 0 Å². The van der Waals surface area contributed by atoms with Gasteiger partial charge in [-0.15, -0.1) is 0 Å². The minimum absolute atomic E-state index is 0.447. The van der Waals surface area contributed by atoms with E-state index in [4.69, 9.17) is 4.74 Å². The van der Waals surface area contributed by atoms with Crippen molar-refractivity contribution in [1.29, 1.82) is 0 Å². The molecule has 2 aromatic rings. The van der Waals surface area contributed by atoms with Crippen LogP contribution in [0, 0.1) is 0 Å². The number of likely N-dealkylation sites (N-methyl/N-ethyl adjacent to an activating group) is 1. The van der Waals surface area contributed by atoms with Gasteiger partial charge >= 0.3 is 0 Å². The summed E-state index contributed by atoms with van der Waals surface area (Å²) in [6.07, 6.45) is 1.97. The van der Waals surface area contributed by atoms with Crippen LogP contribution in [0.1, 0.15) is 12.5 Å². The number of hydrogen-bond donors (Lipinski definition) is 1. The van der Waals surface area contributed by atoms with Crippen LogP contribution in [0.15, 0.2) is 48.7 Å². The van der Waals surface area contributed by atoms with Crippen molar-refractivity contribution in [3.8, 4) is 0 Å². The van der Waals surface area contributed by atoms with Crippen molar-refractivity contribution < 1.29 is 4.74 Å². The van der Waals surface area contributed by atoms with Crippen molar-refractivity contribution in [2.75, 3.05) is 69.8 Å². The molecule has 1 atom stereocenters. The number of ether oxygens (including phenoxy) is 1. The Morgan fingerprint density at radius 2 is 1.86 bits per heavy atom. The molecule has 2 heterocycles. The molecule has 0 aliphatic carbocycles. The molecule has 1 aromatic carbocycles. The maximum Gasteiger partial charge on any atom is 0.128 e. The molecule has 1 aromatic heterocycles. The molecule has 6 heteroatoms. The van der Waals surface area contributed by atoms with E-state index in [9.17, 15) is 0 Å². The number of nitrogens with zero attached hydrogens (tertiary/aromatic N) is 4. The molecule has 1 N–H and O–H groups in total. The molecule has 158 valence electrons. The van der Waals surface area contributed by atoms with Gasteiger partial charge in [-0.05, 0) is 30.7 Å². The van der Waals surface area contributed by atoms with Gasteiger partial charge in [0.15, 0.2) is 0 Å². The monoisotopic (exact) mass is 397 g/mol. The van der Waals surface area contributed by atoms with Crippen LogP contribution in [0.2, 0.25) is 0 Å². The Labute approximate surface area is 175 Å². The molecule has 1 saturated heterocycles. The molecule has 0 saturated carbocycles. The van der Waals surface area contributed by atoms with E-state index in [1.165, 1.54) is 11.3 Å². The molecule has 1 aliphatic heterocycles. The highest BCUT2D eigenvalue weighted by Gasteiger charge is 2.18. The van der Waals surface area contributed by atoms with Crippen molar-refractivity contribution in [3.05, 3.63) is 54.2 Å². The molecule has 1 fully saturated rings. The number of benzene rings is 1. The minimum atomic E-state index is 0.447. The number of piperazine rings is 1. The van der Waals surface area contributed by atoms with Crippen LogP contribution in [0.5, 0.6) is 0 Å². The van der Waals surface area contributed by atoms with Crippen LogP contribution in [-0.2, 0) is 11.3 Å². The number of rotatable bonds is 10. The normalized spacial score (nSPS) is 16.0. The molecule has 29 heavy (non-hydrogen) atoms. The minimum Gasteiger partial charge on any atom is -0.383 e. The maximum atomic E-state index is 5.13. The van der Waals surface area contributed by atoms with Crippen molar-refractivity contribution >= 4 is 11.5 Å². The van der Waals surface area contributed by atoms with Gasteiger partial charge in [-0.25, -0.2) is 4.98 Å². The Bertz CT molecular complexity index is 701. The summed E-state index contributed by atoms with van der Waals surface area (Å²) < 4.78 is 5.13. The number of anilines is 2. The first-order valence-electron chi connectivity index (χ1n) is 10.6. The summed E-state index contributed by atoms with van der Waals surface area (Å²) >= 11 is 0. The zero-order chi connectivity index (χ0) is 20.5. The number of methoxy groups -OCH3 is 1. The van der Waals surface area contributed by atoms with Gasteiger partial charge in [0, 0.05) is 77.9 Å². The predicted molar refractivity (Wildman–Crippen MR) is 121 cm³/mol. The van der Waals surface area contributed by atoms with E-state index in [1.807, 2.05) is 13.2 Å². The lowest BCUT2D eigenvalue weighted by Gasteiger charge is -2.37. The number of para-hydroxylation sites is 1. The number of pyridine rings is 1. The van der Waals surface area contributed by atoms with E-state index in [-0.39, 0.29) is 0 Å². The first-order chi connectivity index (χ1) is 14.2. The summed E-state index contributed by atoms with van der Waals surface area (Å²) in [5.41, 5.74) is 2.55. The van der Waals surface area contributed by atoms with Crippen molar-refractivity contribution in [2.45, 2.75) is 19.5 Å². The lowest BCUT2D eigenvalue weighted by molar-refractivity contribution is 0.206. The molecule has 0 unspecified atom stereocenters. The second kappa shape index (κ2) is 11.1. The molecule has 1 aliphatic rings. The number of hydrogen-bond acceptors (Lipinski definition) is 6. The first-order valence-corrected chi connectivity index (χ1v) is 10.6. The number of nitrogens with one attached hydrogen (secondary N) is 1. The quantitative estimate of drug-likeness (QED) is 0.664. The van der Waals surface area contributed by atoms with E-state index in [0.29, 0.717) is 12.6 Å². The summed E-state index contributed by atoms with van der Waals surface area (Å²) in [6, 6.07) is 15.4. The Morgan fingerprint density at radius 3 is 2.52 bits per heavy atom. The lowest BCUT2D eigenvalue weighted by Crippen LogP contribution is -2.50. The average Bonchev–Trinajstić information content (AvgIpc) is 2.77. The second-order valence-corrected chi connectivity index (χ2v) is 7.84. The van der Waals surface area contributed by atoms with Gasteiger partial charge in [-0.3, -0.25) is 4.90 Å². The Balaban J connectivity index is 1.37. The number of aromatic nitrogens is 1. The fourth-order valence-electron chi connectivity index (χ4n) is 3.66. The largest absolute Gasteiger partial charge is 0.383 e. The Kier molecular flexibility index (Phi) is 8.28. The Morgan fingerprint density at radius 1 is 1.10 bits per heavy atom. The smallest absolute Gasteiger partial charge is 0.128 e. The van der Waals surface area contributed by atoms with Crippen LogP contribution in [0.25, 0.3) is 0 Å². The third-order valence-corrected chi connectivity index (χ3v) is 5.51. The third kappa shape index (κ3) is 6.70. The van der Waals surface area contributed by atoms with Crippen molar-refractivity contribution in [3.63, 3.8) is 0 Å². The second-order valence-electron chi connectivity index (χ2n) is 7.84. The van der Waals surface area contributed by atoms with E-state index >= 15 is 0 Å². The summed E-state index contributed by atoms with van der Waals surface area (Å²) in [4.78, 5) is 11.7. The molecule has 3 rings (SSSR count). The third-order valence-electron chi connectivity index (χ3n) is 5.51. The highest BCUT2D eigenvalue weighted by molar-refractivity contribution is 5.46. The molecular formula is C23H35N5O. The van der Waals surface area contributed by atoms with Crippen molar-refractivity contribution in [2.24, 2.45) is 0 Å². The van der Waals surface area contributed by atoms with Gasteiger partial charge < -0.3 is 19.9 Å². The van der Waals surface area contributed by atoms with Gasteiger partial charge in [-0.2, -0.15) is 0 Å². The van der Waals surface area contributed by atoms with Gasteiger partial charge in [-0.1, -0.05) is 24.3 Å². The van der Waals surface area contributed by atoms with Gasteiger partial charge in [0.25, 0.3) is 0 Å². The Hall–Kier alpha value is -2.15. The lowest BCUT2D eigenvalue weighted by atomic mass is 10.2.